The van der Waals surface area contributed by atoms with Gasteiger partial charge in [0.15, 0.2) is 0 Å². The van der Waals surface area contributed by atoms with E-state index in [1.807, 2.05) is 13.0 Å². The van der Waals surface area contributed by atoms with Gasteiger partial charge in [0, 0.05) is 25.4 Å². The Morgan fingerprint density at radius 3 is 2.95 bits per heavy atom. The van der Waals surface area contributed by atoms with Crippen LogP contribution >= 0.6 is 0 Å². The van der Waals surface area contributed by atoms with Crippen LogP contribution in [0.2, 0.25) is 0 Å². The highest BCUT2D eigenvalue weighted by Gasteiger charge is 2.29. The predicted octanol–water partition coefficient (Wildman–Crippen LogP) is 0.940. The molecule has 6 nitrogen and oxygen atoms in total. The minimum absolute atomic E-state index is 0.00306. The molecule has 0 spiro atoms. The normalized spacial score (nSPS) is 21.1. The van der Waals surface area contributed by atoms with Crippen molar-refractivity contribution in [2.75, 3.05) is 25.4 Å². The van der Waals surface area contributed by atoms with Crippen molar-refractivity contribution in [1.29, 1.82) is 5.26 Å². The summed E-state index contributed by atoms with van der Waals surface area (Å²) in [6, 6.07) is 6.15. The van der Waals surface area contributed by atoms with Crippen LogP contribution < -0.4 is 5.73 Å². The van der Waals surface area contributed by atoms with E-state index in [2.05, 4.69) is 0 Å². The Bertz CT molecular complexity index is 637. The fourth-order valence-electron chi connectivity index (χ4n) is 2.17. The lowest BCUT2D eigenvalue weighted by Gasteiger charge is -2.22. The number of anilines is 1. The molecular weight excluding hydrogens is 278 g/mol. The number of ether oxygens (including phenoxy) is 1. The van der Waals surface area contributed by atoms with Gasteiger partial charge in [0.1, 0.15) is 11.0 Å². The second-order valence-electron chi connectivity index (χ2n) is 4.77. The highest BCUT2D eigenvalue weighted by Crippen LogP contribution is 2.23. The van der Waals surface area contributed by atoms with Crippen molar-refractivity contribution in [3.8, 4) is 6.07 Å². The molecule has 1 aromatic carbocycles. The summed E-state index contributed by atoms with van der Waals surface area (Å²) in [7, 11) is -3.70. The smallest absolute Gasteiger partial charge is 0.244 e. The lowest BCUT2D eigenvalue weighted by Crippen LogP contribution is -2.36. The molecule has 0 amide bonds. The van der Waals surface area contributed by atoms with E-state index in [0.717, 1.165) is 0 Å². The molecular formula is C13H17N3O3S. The van der Waals surface area contributed by atoms with Gasteiger partial charge in [0.25, 0.3) is 0 Å². The van der Waals surface area contributed by atoms with Crippen LogP contribution in [0.5, 0.6) is 0 Å². The van der Waals surface area contributed by atoms with Crippen LogP contribution in [0.4, 0.5) is 5.69 Å². The molecule has 0 aromatic heterocycles. The first kappa shape index (κ1) is 14.8. The Morgan fingerprint density at radius 2 is 2.25 bits per heavy atom. The highest BCUT2D eigenvalue weighted by molar-refractivity contribution is 7.89. The third-order valence-electron chi connectivity index (χ3n) is 3.16. The fourth-order valence-corrected chi connectivity index (χ4v) is 3.85. The Labute approximate surface area is 118 Å². The molecule has 1 aliphatic heterocycles. The van der Waals surface area contributed by atoms with Gasteiger partial charge in [-0.1, -0.05) is 0 Å². The van der Waals surface area contributed by atoms with Crippen molar-refractivity contribution in [3.63, 3.8) is 0 Å². The molecule has 1 saturated heterocycles. The number of nitrogen functional groups attached to an aromatic ring is 1. The summed E-state index contributed by atoms with van der Waals surface area (Å²) in [5.74, 6) is 0. The summed E-state index contributed by atoms with van der Waals surface area (Å²) in [4.78, 5) is 0.00306. The molecule has 0 bridgehead atoms. The van der Waals surface area contributed by atoms with Gasteiger partial charge in [0.2, 0.25) is 10.0 Å². The Hall–Kier alpha value is -1.62. The second-order valence-corrected chi connectivity index (χ2v) is 6.67. The van der Waals surface area contributed by atoms with Crippen LogP contribution in [0.15, 0.2) is 23.1 Å². The Kier molecular flexibility index (Phi) is 4.28. The first-order valence-electron chi connectivity index (χ1n) is 6.36. The van der Waals surface area contributed by atoms with Gasteiger partial charge in [0.05, 0.1) is 11.7 Å². The van der Waals surface area contributed by atoms with Gasteiger partial charge in [-0.25, -0.2) is 8.42 Å². The third-order valence-corrected chi connectivity index (χ3v) is 5.08. The molecule has 0 radical (unpaired) electrons. The van der Waals surface area contributed by atoms with E-state index < -0.39 is 10.0 Å². The monoisotopic (exact) mass is 295 g/mol. The molecule has 0 aliphatic carbocycles. The highest BCUT2D eigenvalue weighted by atomic mass is 32.2. The van der Waals surface area contributed by atoms with E-state index in [1.54, 1.807) is 0 Å². The molecule has 1 aromatic rings. The van der Waals surface area contributed by atoms with E-state index in [-0.39, 0.29) is 23.1 Å². The number of nitrogens with two attached hydrogens (primary N) is 1. The lowest BCUT2D eigenvalue weighted by atomic mass is 10.2. The predicted molar refractivity (Wildman–Crippen MR) is 74.4 cm³/mol. The number of nitrogens with zero attached hydrogens (tertiary/aromatic N) is 2. The van der Waals surface area contributed by atoms with Crippen molar-refractivity contribution in [3.05, 3.63) is 23.8 Å². The van der Waals surface area contributed by atoms with Gasteiger partial charge in [-0.3, -0.25) is 0 Å². The maximum atomic E-state index is 12.7. The van der Waals surface area contributed by atoms with E-state index >= 15 is 0 Å². The quantitative estimate of drug-likeness (QED) is 0.819. The zero-order valence-corrected chi connectivity index (χ0v) is 12.1. The summed E-state index contributed by atoms with van der Waals surface area (Å²) < 4.78 is 32.1. The molecule has 1 unspecified atom stereocenters. The molecule has 108 valence electrons. The molecule has 7 heteroatoms. The van der Waals surface area contributed by atoms with Crippen molar-refractivity contribution in [2.45, 2.75) is 24.3 Å². The first-order valence-corrected chi connectivity index (χ1v) is 7.80. The van der Waals surface area contributed by atoms with Crippen LogP contribution in [0.25, 0.3) is 0 Å². The molecule has 1 heterocycles. The summed E-state index contributed by atoms with van der Waals surface area (Å²) >= 11 is 0. The fraction of sp³-hybridized carbons (Fsp3) is 0.462. The molecule has 1 atom stereocenters. The van der Waals surface area contributed by atoms with E-state index in [9.17, 15) is 8.42 Å². The topological polar surface area (TPSA) is 96.4 Å². The summed E-state index contributed by atoms with van der Waals surface area (Å²) in [5.41, 5.74) is 6.03. The van der Waals surface area contributed by atoms with E-state index in [1.165, 1.54) is 22.5 Å². The van der Waals surface area contributed by atoms with Crippen molar-refractivity contribution >= 4 is 15.7 Å². The maximum absolute atomic E-state index is 12.7. The SMILES string of the molecule is CC1CN(S(=O)(=O)c2ccc(N)cc2C#N)CCCO1. The second kappa shape index (κ2) is 5.79. The van der Waals surface area contributed by atoms with Gasteiger partial charge in [-0.05, 0) is 31.5 Å². The van der Waals surface area contributed by atoms with Crippen LogP contribution in [0.1, 0.15) is 18.9 Å². The number of rotatable bonds is 2. The average Bonchev–Trinajstić information content (AvgIpc) is 2.63. The van der Waals surface area contributed by atoms with Crippen LogP contribution in [-0.2, 0) is 14.8 Å². The molecule has 0 saturated carbocycles. The lowest BCUT2D eigenvalue weighted by molar-refractivity contribution is 0.0752. The number of hydrogen-bond donors (Lipinski definition) is 1. The minimum atomic E-state index is -3.70. The summed E-state index contributed by atoms with van der Waals surface area (Å²) in [6.45, 7) is 3.06. The molecule has 2 rings (SSSR count). The Morgan fingerprint density at radius 1 is 1.50 bits per heavy atom. The standard InChI is InChI=1S/C13H17N3O3S/c1-10-9-16(5-2-6-19-10)20(17,18)13-4-3-12(15)7-11(13)8-14/h3-4,7,10H,2,5-6,9,15H2,1H3. The zero-order valence-electron chi connectivity index (χ0n) is 11.2. The molecule has 1 fully saturated rings. The number of nitriles is 1. The zero-order chi connectivity index (χ0) is 14.8. The molecule has 1 aliphatic rings. The van der Waals surface area contributed by atoms with Gasteiger partial charge >= 0.3 is 0 Å². The molecule has 20 heavy (non-hydrogen) atoms. The summed E-state index contributed by atoms with van der Waals surface area (Å²) in [5, 5.41) is 9.10. The Balaban J connectivity index is 2.42. The largest absolute Gasteiger partial charge is 0.399 e. The average molecular weight is 295 g/mol. The van der Waals surface area contributed by atoms with Crippen molar-refractivity contribution < 1.29 is 13.2 Å². The van der Waals surface area contributed by atoms with Gasteiger partial charge in [-0.2, -0.15) is 9.57 Å². The van der Waals surface area contributed by atoms with Gasteiger partial charge in [-0.15, -0.1) is 0 Å². The van der Waals surface area contributed by atoms with Gasteiger partial charge < -0.3 is 10.5 Å². The minimum Gasteiger partial charge on any atom is -0.399 e. The van der Waals surface area contributed by atoms with Crippen molar-refractivity contribution in [1.82, 2.24) is 4.31 Å². The summed E-state index contributed by atoms with van der Waals surface area (Å²) in [6.07, 6.45) is 0.479. The van der Waals surface area contributed by atoms with E-state index in [0.29, 0.717) is 25.3 Å². The van der Waals surface area contributed by atoms with Crippen LogP contribution in [0.3, 0.4) is 0 Å². The maximum Gasteiger partial charge on any atom is 0.244 e. The number of hydrogen-bond acceptors (Lipinski definition) is 5. The molecule has 2 N–H and O–H groups in total. The number of benzene rings is 1. The number of sulfonamides is 1. The third kappa shape index (κ3) is 2.93. The first-order chi connectivity index (χ1) is 9.45. The van der Waals surface area contributed by atoms with E-state index in [4.69, 9.17) is 15.7 Å². The van der Waals surface area contributed by atoms with Crippen LogP contribution in [-0.4, -0.2) is 38.5 Å². The van der Waals surface area contributed by atoms with Crippen molar-refractivity contribution in [2.24, 2.45) is 0 Å². The van der Waals surface area contributed by atoms with Crippen LogP contribution in [0, 0.1) is 11.3 Å².